The summed E-state index contributed by atoms with van der Waals surface area (Å²) in [6, 6.07) is 14.2. The minimum Gasteiger partial charge on any atom is -0.479 e. The summed E-state index contributed by atoms with van der Waals surface area (Å²) in [6.45, 7) is 5.66. The first-order valence-corrected chi connectivity index (χ1v) is 7.81. The fourth-order valence-corrected chi connectivity index (χ4v) is 2.04. The van der Waals surface area contributed by atoms with Gasteiger partial charge in [-0.05, 0) is 57.2 Å². The van der Waals surface area contributed by atoms with E-state index in [1.54, 1.807) is 38.1 Å². The van der Waals surface area contributed by atoms with Crippen LogP contribution < -0.4 is 10.1 Å². The summed E-state index contributed by atoms with van der Waals surface area (Å²) in [5, 5.41) is 2.83. The van der Waals surface area contributed by atoms with Crippen molar-refractivity contribution in [2.45, 2.75) is 26.9 Å². The van der Waals surface area contributed by atoms with E-state index in [1.807, 2.05) is 31.2 Å². The van der Waals surface area contributed by atoms with Crippen LogP contribution in [0.15, 0.2) is 48.5 Å². The molecule has 0 saturated heterocycles. The van der Waals surface area contributed by atoms with Gasteiger partial charge in [0.1, 0.15) is 5.75 Å². The van der Waals surface area contributed by atoms with E-state index in [1.165, 1.54) is 0 Å². The predicted octanol–water partition coefficient (Wildman–Crippen LogP) is 3.58. The highest BCUT2D eigenvalue weighted by molar-refractivity contribution is 6.04. The smallest absolute Gasteiger partial charge is 0.347 e. The lowest BCUT2D eigenvalue weighted by Crippen LogP contribution is -2.26. The Morgan fingerprint density at radius 1 is 1.04 bits per heavy atom. The summed E-state index contributed by atoms with van der Waals surface area (Å²) in [7, 11) is 0. The van der Waals surface area contributed by atoms with Crippen molar-refractivity contribution < 1.29 is 19.1 Å². The first-order valence-electron chi connectivity index (χ1n) is 7.81. The third kappa shape index (κ3) is 4.84. The lowest BCUT2D eigenvalue weighted by Gasteiger charge is -2.13. The number of hydrogen-bond donors (Lipinski definition) is 1. The van der Waals surface area contributed by atoms with Gasteiger partial charge in [-0.15, -0.1) is 0 Å². The number of amides is 1. The van der Waals surface area contributed by atoms with Crippen LogP contribution >= 0.6 is 0 Å². The molecule has 5 nitrogen and oxygen atoms in total. The van der Waals surface area contributed by atoms with E-state index in [4.69, 9.17) is 9.47 Å². The molecule has 126 valence electrons. The highest BCUT2D eigenvalue weighted by Gasteiger charge is 2.15. The van der Waals surface area contributed by atoms with Crippen molar-refractivity contribution >= 4 is 17.6 Å². The molecular formula is C19H21NO4. The second kappa shape index (κ2) is 8.15. The molecule has 1 N–H and O–H groups in total. The third-order valence-electron chi connectivity index (χ3n) is 3.36. The van der Waals surface area contributed by atoms with Gasteiger partial charge >= 0.3 is 5.97 Å². The fraction of sp³-hybridized carbons (Fsp3) is 0.263. The van der Waals surface area contributed by atoms with E-state index in [0.717, 1.165) is 11.3 Å². The van der Waals surface area contributed by atoms with Gasteiger partial charge in [0, 0.05) is 11.3 Å². The summed E-state index contributed by atoms with van der Waals surface area (Å²) in [5.41, 5.74) is 2.37. The second-order valence-electron chi connectivity index (χ2n) is 5.36. The van der Waals surface area contributed by atoms with Crippen LogP contribution in [0, 0.1) is 6.92 Å². The Morgan fingerprint density at radius 3 is 2.25 bits per heavy atom. The first-order chi connectivity index (χ1) is 11.5. The molecule has 5 heteroatoms. The zero-order chi connectivity index (χ0) is 17.5. The van der Waals surface area contributed by atoms with Crippen molar-refractivity contribution in [1.29, 1.82) is 0 Å². The van der Waals surface area contributed by atoms with Gasteiger partial charge < -0.3 is 14.8 Å². The van der Waals surface area contributed by atoms with E-state index >= 15 is 0 Å². The Bertz CT molecular complexity index is 692. The highest BCUT2D eigenvalue weighted by Crippen LogP contribution is 2.16. The van der Waals surface area contributed by atoms with Gasteiger partial charge in [-0.2, -0.15) is 0 Å². The molecule has 0 fully saturated rings. The van der Waals surface area contributed by atoms with Crippen molar-refractivity contribution in [2.24, 2.45) is 0 Å². The average molecular weight is 327 g/mol. The maximum absolute atomic E-state index is 12.2. The number of benzene rings is 2. The number of esters is 1. The molecule has 1 amide bonds. The van der Waals surface area contributed by atoms with E-state index in [-0.39, 0.29) is 5.91 Å². The molecular weight excluding hydrogens is 306 g/mol. The SMILES string of the molecule is CCOC(=O)[C@H](C)Oc1ccc(C(=O)Nc2ccc(C)cc2)cc1. The van der Waals surface area contributed by atoms with Gasteiger partial charge in [-0.1, -0.05) is 17.7 Å². The summed E-state index contributed by atoms with van der Waals surface area (Å²) in [4.78, 5) is 23.7. The van der Waals surface area contributed by atoms with E-state index < -0.39 is 12.1 Å². The Kier molecular flexibility index (Phi) is 5.95. The number of nitrogens with one attached hydrogen (secondary N) is 1. The molecule has 2 aromatic carbocycles. The maximum atomic E-state index is 12.2. The van der Waals surface area contributed by atoms with Crippen LogP contribution in [0.3, 0.4) is 0 Å². The number of ether oxygens (including phenoxy) is 2. The maximum Gasteiger partial charge on any atom is 0.347 e. The highest BCUT2D eigenvalue weighted by atomic mass is 16.6. The van der Waals surface area contributed by atoms with Gasteiger partial charge in [0.25, 0.3) is 5.91 Å². The number of aryl methyl sites for hydroxylation is 1. The Balaban J connectivity index is 1.97. The molecule has 2 rings (SSSR count). The number of carbonyl (C=O) groups is 2. The molecule has 1 atom stereocenters. The van der Waals surface area contributed by atoms with Crippen LogP contribution in [-0.4, -0.2) is 24.6 Å². The summed E-state index contributed by atoms with van der Waals surface area (Å²) in [5.74, 6) is -0.120. The van der Waals surface area contributed by atoms with Gasteiger partial charge in [0.2, 0.25) is 0 Å². The van der Waals surface area contributed by atoms with Crippen molar-refractivity contribution in [3.05, 3.63) is 59.7 Å². The van der Waals surface area contributed by atoms with Gasteiger partial charge in [0.15, 0.2) is 6.10 Å². The summed E-state index contributed by atoms with van der Waals surface area (Å²) >= 11 is 0. The molecule has 0 heterocycles. The zero-order valence-electron chi connectivity index (χ0n) is 14.0. The molecule has 0 radical (unpaired) electrons. The number of carbonyl (C=O) groups excluding carboxylic acids is 2. The lowest BCUT2D eigenvalue weighted by atomic mass is 10.2. The Hall–Kier alpha value is -2.82. The first kappa shape index (κ1) is 17.5. The molecule has 0 spiro atoms. The minimum atomic E-state index is -0.697. The van der Waals surface area contributed by atoms with Gasteiger partial charge in [0.05, 0.1) is 6.61 Å². The Morgan fingerprint density at radius 2 is 1.67 bits per heavy atom. The number of rotatable bonds is 6. The quantitative estimate of drug-likeness (QED) is 0.824. The second-order valence-corrected chi connectivity index (χ2v) is 5.36. The number of hydrogen-bond acceptors (Lipinski definition) is 4. The molecule has 0 saturated carbocycles. The lowest BCUT2D eigenvalue weighted by molar-refractivity contribution is -0.150. The largest absolute Gasteiger partial charge is 0.479 e. The van der Waals surface area contributed by atoms with Crippen LogP contribution in [0.1, 0.15) is 29.8 Å². The summed E-state index contributed by atoms with van der Waals surface area (Å²) < 4.78 is 10.4. The Labute approximate surface area is 141 Å². The van der Waals surface area contributed by atoms with Crippen LogP contribution in [0.5, 0.6) is 5.75 Å². The van der Waals surface area contributed by atoms with Crippen LogP contribution in [0.25, 0.3) is 0 Å². The molecule has 24 heavy (non-hydrogen) atoms. The minimum absolute atomic E-state index is 0.205. The van der Waals surface area contributed by atoms with E-state index in [9.17, 15) is 9.59 Å². The normalized spacial score (nSPS) is 11.5. The molecule has 0 aliphatic carbocycles. The monoisotopic (exact) mass is 327 g/mol. The molecule has 0 aliphatic rings. The van der Waals surface area contributed by atoms with Crippen molar-refractivity contribution in [1.82, 2.24) is 0 Å². The zero-order valence-corrected chi connectivity index (χ0v) is 14.0. The van der Waals surface area contributed by atoms with Crippen molar-refractivity contribution in [3.8, 4) is 5.75 Å². The molecule has 0 unspecified atom stereocenters. The molecule has 0 aromatic heterocycles. The third-order valence-corrected chi connectivity index (χ3v) is 3.36. The van der Waals surface area contributed by atoms with Gasteiger partial charge in [-0.25, -0.2) is 4.79 Å². The average Bonchev–Trinajstić information content (AvgIpc) is 2.57. The predicted molar refractivity (Wildman–Crippen MR) is 92.3 cm³/mol. The van der Waals surface area contributed by atoms with Crippen molar-refractivity contribution in [3.63, 3.8) is 0 Å². The topological polar surface area (TPSA) is 64.6 Å². The fourth-order valence-electron chi connectivity index (χ4n) is 2.04. The summed E-state index contributed by atoms with van der Waals surface area (Å²) in [6.07, 6.45) is -0.697. The van der Waals surface area contributed by atoms with Crippen molar-refractivity contribution in [2.75, 3.05) is 11.9 Å². The van der Waals surface area contributed by atoms with Gasteiger partial charge in [-0.3, -0.25) is 4.79 Å². The van der Waals surface area contributed by atoms with E-state index in [2.05, 4.69) is 5.32 Å². The van der Waals surface area contributed by atoms with Crippen LogP contribution in [-0.2, 0) is 9.53 Å². The molecule has 2 aromatic rings. The number of anilines is 1. The molecule has 0 aliphatic heterocycles. The van der Waals surface area contributed by atoms with Crippen LogP contribution in [0.4, 0.5) is 5.69 Å². The standard InChI is InChI=1S/C19H21NO4/c1-4-23-19(22)14(3)24-17-11-7-15(8-12-17)18(21)20-16-9-5-13(2)6-10-16/h5-12,14H,4H2,1-3H3,(H,20,21)/t14-/m0/s1. The van der Waals surface area contributed by atoms with E-state index in [0.29, 0.717) is 17.9 Å². The molecule has 0 bridgehead atoms. The van der Waals surface area contributed by atoms with Crippen LogP contribution in [0.2, 0.25) is 0 Å².